The van der Waals surface area contributed by atoms with Gasteiger partial charge in [-0.3, -0.25) is 4.79 Å². The van der Waals surface area contributed by atoms with Crippen molar-refractivity contribution >= 4 is 11.9 Å². The van der Waals surface area contributed by atoms with Crippen LogP contribution in [0.4, 0.5) is 0 Å². The minimum atomic E-state index is -0.928. The van der Waals surface area contributed by atoms with E-state index in [1.807, 2.05) is 12.1 Å². The molecule has 0 bridgehead atoms. The number of carbonyl (C=O) groups is 2. The maximum atomic E-state index is 12.6. The largest absolute Gasteiger partial charge is 0.480 e. The van der Waals surface area contributed by atoms with Crippen molar-refractivity contribution in [1.29, 1.82) is 0 Å². The molecule has 1 aromatic carbocycles. The van der Waals surface area contributed by atoms with E-state index in [0.29, 0.717) is 25.1 Å². The summed E-state index contributed by atoms with van der Waals surface area (Å²) in [7, 11) is 1.57. The highest BCUT2D eigenvalue weighted by Crippen LogP contribution is 2.21. The molecule has 20 heavy (non-hydrogen) atoms. The van der Waals surface area contributed by atoms with Crippen molar-refractivity contribution in [1.82, 2.24) is 4.90 Å². The van der Waals surface area contributed by atoms with Gasteiger partial charge < -0.3 is 14.7 Å². The average molecular weight is 277 g/mol. The van der Waals surface area contributed by atoms with Crippen LogP contribution in [-0.2, 0) is 16.1 Å². The Hall–Kier alpha value is -1.88. The van der Waals surface area contributed by atoms with Crippen molar-refractivity contribution in [3.05, 3.63) is 35.4 Å². The Bertz CT molecular complexity index is 500. The summed E-state index contributed by atoms with van der Waals surface area (Å²) in [4.78, 5) is 25.4. The Labute approximate surface area is 118 Å². The van der Waals surface area contributed by atoms with Gasteiger partial charge in [0.05, 0.1) is 6.61 Å². The molecule has 0 aliphatic carbocycles. The Kier molecular flexibility index (Phi) is 4.74. The Balaban J connectivity index is 2.27. The summed E-state index contributed by atoms with van der Waals surface area (Å²) in [6.07, 6.45) is 2.22. The summed E-state index contributed by atoms with van der Waals surface area (Å²) < 4.78 is 5.09. The number of hydrogen-bond donors (Lipinski definition) is 1. The van der Waals surface area contributed by atoms with Crippen LogP contribution in [0.5, 0.6) is 0 Å². The third kappa shape index (κ3) is 2.99. The van der Waals surface area contributed by atoms with Gasteiger partial charge in [-0.05, 0) is 30.9 Å². The first-order valence-electron chi connectivity index (χ1n) is 6.75. The molecule has 1 fully saturated rings. The number of likely N-dealkylation sites (tertiary alicyclic amines) is 1. The predicted octanol–water partition coefficient (Wildman–Crippen LogP) is 1.91. The zero-order valence-corrected chi connectivity index (χ0v) is 11.5. The van der Waals surface area contributed by atoms with Gasteiger partial charge in [0.1, 0.15) is 6.04 Å². The number of methoxy groups -OCH3 is 1. The van der Waals surface area contributed by atoms with Crippen LogP contribution in [0.15, 0.2) is 24.3 Å². The molecule has 1 atom stereocenters. The molecule has 1 aliphatic heterocycles. The molecular formula is C15H19NO4. The summed E-state index contributed by atoms with van der Waals surface area (Å²) in [6.45, 7) is 0.838. The number of amides is 1. The lowest BCUT2D eigenvalue weighted by Gasteiger charge is -2.33. The van der Waals surface area contributed by atoms with Crippen molar-refractivity contribution in [3.8, 4) is 0 Å². The number of hydrogen-bond acceptors (Lipinski definition) is 3. The molecule has 0 saturated carbocycles. The summed E-state index contributed by atoms with van der Waals surface area (Å²) in [6, 6.07) is 6.47. The van der Waals surface area contributed by atoms with E-state index in [1.165, 1.54) is 4.90 Å². The molecule has 0 unspecified atom stereocenters. The molecule has 1 aromatic rings. The number of rotatable bonds is 4. The molecule has 108 valence electrons. The lowest BCUT2D eigenvalue weighted by molar-refractivity contribution is -0.143. The summed E-state index contributed by atoms with van der Waals surface area (Å²) in [5.74, 6) is -1.15. The molecule has 1 heterocycles. The highest BCUT2D eigenvalue weighted by molar-refractivity contribution is 5.98. The van der Waals surface area contributed by atoms with E-state index in [0.717, 1.165) is 18.4 Å². The Morgan fingerprint density at radius 1 is 1.35 bits per heavy atom. The summed E-state index contributed by atoms with van der Waals surface area (Å²) >= 11 is 0. The minimum absolute atomic E-state index is 0.218. The van der Waals surface area contributed by atoms with E-state index in [9.17, 15) is 14.7 Å². The maximum Gasteiger partial charge on any atom is 0.326 e. The number of carboxylic acids is 1. The van der Waals surface area contributed by atoms with Gasteiger partial charge in [-0.25, -0.2) is 4.79 Å². The predicted molar refractivity (Wildman–Crippen MR) is 73.5 cm³/mol. The molecule has 0 aromatic heterocycles. The smallest absolute Gasteiger partial charge is 0.326 e. The number of aliphatic carboxylic acids is 1. The standard InChI is InChI=1S/C15H19NO4/c1-20-10-11-6-2-3-7-12(11)14(17)16-9-5-4-8-13(16)15(18)19/h2-3,6-7,13H,4-5,8-10H2,1H3,(H,18,19)/t13-/m1/s1. The van der Waals surface area contributed by atoms with E-state index in [-0.39, 0.29) is 5.91 Å². The number of nitrogens with zero attached hydrogens (tertiary/aromatic N) is 1. The third-order valence-electron chi connectivity index (χ3n) is 3.60. The molecule has 5 nitrogen and oxygen atoms in total. The van der Waals surface area contributed by atoms with Crippen LogP contribution >= 0.6 is 0 Å². The molecule has 1 amide bonds. The van der Waals surface area contributed by atoms with E-state index in [2.05, 4.69) is 0 Å². The second-order valence-electron chi connectivity index (χ2n) is 4.94. The SMILES string of the molecule is COCc1ccccc1C(=O)N1CCCC[C@@H]1C(=O)O. The number of carboxylic acid groups (broad SMARTS) is 1. The Morgan fingerprint density at radius 2 is 2.10 bits per heavy atom. The molecule has 0 spiro atoms. The zero-order chi connectivity index (χ0) is 14.5. The fourth-order valence-electron chi connectivity index (χ4n) is 2.60. The van der Waals surface area contributed by atoms with Crippen LogP contribution in [0.1, 0.15) is 35.2 Å². The van der Waals surface area contributed by atoms with Crippen molar-refractivity contribution in [2.24, 2.45) is 0 Å². The van der Waals surface area contributed by atoms with Crippen LogP contribution in [0.25, 0.3) is 0 Å². The van der Waals surface area contributed by atoms with Crippen LogP contribution in [-0.4, -0.2) is 41.6 Å². The van der Waals surface area contributed by atoms with E-state index in [4.69, 9.17) is 4.74 Å². The summed E-state index contributed by atoms with van der Waals surface area (Å²) in [5.41, 5.74) is 1.32. The van der Waals surface area contributed by atoms with Gasteiger partial charge in [0.25, 0.3) is 5.91 Å². The van der Waals surface area contributed by atoms with Gasteiger partial charge in [-0.1, -0.05) is 18.2 Å². The van der Waals surface area contributed by atoms with Gasteiger partial charge in [-0.2, -0.15) is 0 Å². The second-order valence-corrected chi connectivity index (χ2v) is 4.94. The van der Waals surface area contributed by atoms with E-state index < -0.39 is 12.0 Å². The van der Waals surface area contributed by atoms with Gasteiger partial charge in [0, 0.05) is 19.2 Å². The molecule has 2 rings (SSSR count). The zero-order valence-electron chi connectivity index (χ0n) is 11.5. The fraction of sp³-hybridized carbons (Fsp3) is 0.467. The van der Waals surface area contributed by atoms with Crippen molar-refractivity contribution < 1.29 is 19.4 Å². The van der Waals surface area contributed by atoms with Gasteiger partial charge in [-0.15, -0.1) is 0 Å². The highest BCUT2D eigenvalue weighted by Gasteiger charge is 2.33. The van der Waals surface area contributed by atoms with Crippen molar-refractivity contribution in [3.63, 3.8) is 0 Å². The van der Waals surface area contributed by atoms with Crippen LogP contribution in [0, 0.1) is 0 Å². The van der Waals surface area contributed by atoms with Crippen LogP contribution < -0.4 is 0 Å². The van der Waals surface area contributed by atoms with Crippen molar-refractivity contribution in [2.45, 2.75) is 31.9 Å². The maximum absolute atomic E-state index is 12.6. The normalized spacial score (nSPS) is 18.9. The fourth-order valence-corrected chi connectivity index (χ4v) is 2.60. The quantitative estimate of drug-likeness (QED) is 0.913. The first kappa shape index (κ1) is 14.5. The van der Waals surface area contributed by atoms with Crippen LogP contribution in [0.2, 0.25) is 0 Å². The number of benzene rings is 1. The number of piperidine rings is 1. The molecule has 1 N–H and O–H groups in total. The van der Waals surface area contributed by atoms with Gasteiger partial charge in [0.15, 0.2) is 0 Å². The molecular weight excluding hydrogens is 258 g/mol. The second kappa shape index (κ2) is 6.52. The van der Waals surface area contributed by atoms with Crippen molar-refractivity contribution in [2.75, 3.05) is 13.7 Å². The molecule has 1 saturated heterocycles. The first-order valence-corrected chi connectivity index (χ1v) is 6.75. The van der Waals surface area contributed by atoms with E-state index in [1.54, 1.807) is 19.2 Å². The van der Waals surface area contributed by atoms with Crippen LogP contribution in [0.3, 0.4) is 0 Å². The Morgan fingerprint density at radius 3 is 2.80 bits per heavy atom. The topological polar surface area (TPSA) is 66.8 Å². The van der Waals surface area contributed by atoms with Gasteiger partial charge >= 0.3 is 5.97 Å². The molecule has 0 radical (unpaired) electrons. The lowest BCUT2D eigenvalue weighted by Crippen LogP contribution is -2.48. The minimum Gasteiger partial charge on any atom is -0.480 e. The van der Waals surface area contributed by atoms with E-state index >= 15 is 0 Å². The number of carbonyl (C=O) groups excluding carboxylic acids is 1. The monoisotopic (exact) mass is 277 g/mol. The lowest BCUT2D eigenvalue weighted by atomic mass is 9.99. The average Bonchev–Trinajstić information content (AvgIpc) is 2.47. The molecule has 1 aliphatic rings. The summed E-state index contributed by atoms with van der Waals surface area (Å²) in [5, 5.41) is 9.26. The highest BCUT2D eigenvalue weighted by atomic mass is 16.5. The molecule has 5 heteroatoms. The third-order valence-corrected chi connectivity index (χ3v) is 3.60. The number of ether oxygens (including phenoxy) is 1. The van der Waals surface area contributed by atoms with Gasteiger partial charge in [0.2, 0.25) is 0 Å². The first-order chi connectivity index (χ1) is 9.65.